The minimum absolute atomic E-state index is 0.0196. The van der Waals surface area contributed by atoms with E-state index in [-0.39, 0.29) is 12.3 Å². The predicted molar refractivity (Wildman–Crippen MR) is 80.2 cm³/mol. The van der Waals surface area contributed by atoms with Crippen LogP contribution in [-0.2, 0) is 6.61 Å². The second-order valence-electron chi connectivity index (χ2n) is 4.48. The highest BCUT2D eigenvalue weighted by Crippen LogP contribution is 2.30. The molecule has 2 rings (SSSR count). The van der Waals surface area contributed by atoms with Crippen LogP contribution < -0.4 is 9.47 Å². The number of benzene rings is 2. The molecule has 6 heteroatoms. The zero-order valence-electron chi connectivity index (χ0n) is 11.6. The van der Waals surface area contributed by atoms with Gasteiger partial charge in [0.25, 0.3) is 5.69 Å². The van der Waals surface area contributed by atoms with Gasteiger partial charge in [0.05, 0.1) is 12.0 Å². The van der Waals surface area contributed by atoms with E-state index in [1.54, 1.807) is 13.2 Å². The highest BCUT2D eigenvalue weighted by molar-refractivity contribution is 6.31. The summed E-state index contributed by atoms with van der Waals surface area (Å²) < 4.78 is 10.9. The van der Waals surface area contributed by atoms with Crippen molar-refractivity contribution in [1.29, 1.82) is 0 Å². The van der Waals surface area contributed by atoms with Crippen molar-refractivity contribution < 1.29 is 14.4 Å². The molecule has 0 unspecified atom stereocenters. The first-order chi connectivity index (χ1) is 10.0. The number of aryl methyl sites for hydroxylation is 1. The van der Waals surface area contributed by atoms with Gasteiger partial charge in [0.2, 0.25) is 0 Å². The summed E-state index contributed by atoms with van der Waals surface area (Å²) in [6, 6.07) is 9.79. The molecular formula is C15H14ClNO4. The minimum atomic E-state index is -0.466. The van der Waals surface area contributed by atoms with E-state index in [4.69, 9.17) is 21.1 Å². The maximum Gasteiger partial charge on any atom is 0.269 e. The monoisotopic (exact) mass is 307 g/mol. The Morgan fingerprint density at radius 1 is 1.19 bits per heavy atom. The average Bonchev–Trinajstić information content (AvgIpc) is 2.47. The van der Waals surface area contributed by atoms with E-state index in [0.717, 1.165) is 5.56 Å². The molecule has 0 amide bonds. The molecule has 2 aromatic carbocycles. The highest BCUT2D eigenvalue weighted by Gasteiger charge is 2.11. The van der Waals surface area contributed by atoms with E-state index in [1.165, 1.54) is 18.2 Å². The molecule has 0 N–H and O–H groups in total. The van der Waals surface area contributed by atoms with Gasteiger partial charge in [-0.3, -0.25) is 10.1 Å². The van der Waals surface area contributed by atoms with Crippen LogP contribution in [0.4, 0.5) is 5.69 Å². The quantitative estimate of drug-likeness (QED) is 0.615. The van der Waals surface area contributed by atoms with Crippen molar-refractivity contribution in [2.24, 2.45) is 0 Å². The molecule has 0 aromatic heterocycles. The first-order valence-electron chi connectivity index (χ1n) is 6.21. The number of nitro groups is 1. The molecule has 0 saturated carbocycles. The molecule has 5 nitrogen and oxygen atoms in total. The molecule has 0 aliphatic rings. The molecule has 0 bridgehead atoms. The number of non-ortho nitro benzene ring substituents is 1. The molecule has 0 spiro atoms. The zero-order valence-corrected chi connectivity index (χ0v) is 12.4. The Kier molecular flexibility index (Phi) is 4.65. The topological polar surface area (TPSA) is 61.6 Å². The molecule has 0 saturated heterocycles. The number of hydrogen-bond acceptors (Lipinski definition) is 4. The van der Waals surface area contributed by atoms with Crippen molar-refractivity contribution in [1.82, 2.24) is 0 Å². The van der Waals surface area contributed by atoms with Crippen molar-refractivity contribution in [2.45, 2.75) is 13.5 Å². The van der Waals surface area contributed by atoms with Crippen LogP contribution >= 0.6 is 11.6 Å². The summed E-state index contributed by atoms with van der Waals surface area (Å²) in [5, 5.41) is 11.2. The lowest BCUT2D eigenvalue weighted by Gasteiger charge is -2.12. The van der Waals surface area contributed by atoms with Crippen LogP contribution in [0.5, 0.6) is 11.5 Å². The van der Waals surface area contributed by atoms with Crippen molar-refractivity contribution in [2.75, 3.05) is 7.11 Å². The lowest BCUT2D eigenvalue weighted by atomic mass is 10.2. The van der Waals surface area contributed by atoms with Crippen molar-refractivity contribution in [3.63, 3.8) is 0 Å². The van der Waals surface area contributed by atoms with Crippen LogP contribution in [0.25, 0.3) is 0 Å². The van der Waals surface area contributed by atoms with Crippen LogP contribution in [0.2, 0.25) is 5.02 Å². The fourth-order valence-electron chi connectivity index (χ4n) is 1.83. The van der Waals surface area contributed by atoms with Gasteiger partial charge >= 0.3 is 0 Å². The Labute approximate surface area is 127 Å². The normalized spacial score (nSPS) is 10.2. The van der Waals surface area contributed by atoms with Gasteiger partial charge in [-0.2, -0.15) is 0 Å². The third-order valence-corrected chi connectivity index (χ3v) is 3.31. The standard InChI is InChI=1S/C15H14ClNO4/c1-10-3-6-14(15(7-10)20-2)21-9-11-8-12(17(18)19)4-5-13(11)16/h3-8H,9H2,1-2H3. The number of methoxy groups -OCH3 is 1. The van der Waals surface area contributed by atoms with Gasteiger partial charge in [0.15, 0.2) is 11.5 Å². The summed E-state index contributed by atoms with van der Waals surface area (Å²) in [4.78, 5) is 10.3. The maximum absolute atomic E-state index is 10.8. The Balaban J connectivity index is 2.20. The van der Waals surface area contributed by atoms with E-state index >= 15 is 0 Å². The predicted octanol–water partition coefficient (Wildman–Crippen LogP) is 4.14. The molecule has 0 fully saturated rings. The van der Waals surface area contributed by atoms with Crippen LogP contribution in [0, 0.1) is 17.0 Å². The number of rotatable bonds is 5. The largest absolute Gasteiger partial charge is 0.493 e. The lowest BCUT2D eigenvalue weighted by Crippen LogP contribution is -2.00. The molecular weight excluding hydrogens is 294 g/mol. The summed E-state index contributed by atoms with van der Waals surface area (Å²) in [5.41, 5.74) is 1.58. The summed E-state index contributed by atoms with van der Waals surface area (Å²) in [5.74, 6) is 1.17. The van der Waals surface area contributed by atoms with Crippen LogP contribution in [0.15, 0.2) is 36.4 Å². The third kappa shape index (κ3) is 3.64. The Morgan fingerprint density at radius 3 is 2.62 bits per heavy atom. The van der Waals surface area contributed by atoms with Gasteiger partial charge in [0.1, 0.15) is 6.61 Å². The number of ether oxygens (including phenoxy) is 2. The Morgan fingerprint density at radius 2 is 1.95 bits per heavy atom. The van der Waals surface area contributed by atoms with E-state index in [9.17, 15) is 10.1 Å². The van der Waals surface area contributed by atoms with Crippen LogP contribution in [0.3, 0.4) is 0 Å². The van der Waals surface area contributed by atoms with Crippen LogP contribution in [0.1, 0.15) is 11.1 Å². The van der Waals surface area contributed by atoms with E-state index in [0.29, 0.717) is 22.1 Å². The summed E-state index contributed by atoms with van der Waals surface area (Å²) in [7, 11) is 1.56. The SMILES string of the molecule is COc1cc(C)ccc1OCc1cc([N+](=O)[O-])ccc1Cl. The second-order valence-corrected chi connectivity index (χ2v) is 4.88. The summed E-state index contributed by atoms with van der Waals surface area (Å²) in [6.45, 7) is 2.07. The molecule has 21 heavy (non-hydrogen) atoms. The van der Waals surface area contributed by atoms with E-state index in [2.05, 4.69) is 0 Å². The fraction of sp³-hybridized carbons (Fsp3) is 0.200. The van der Waals surface area contributed by atoms with Gasteiger partial charge < -0.3 is 9.47 Å². The smallest absolute Gasteiger partial charge is 0.269 e. The van der Waals surface area contributed by atoms with Gasteiger partial charge in [-0.05, 0) is 30.7 Å². The van der Waals surface area contributed by atoms with Crippen molar-refractivity contribution in [3.8, 4) is 11.5 Å². The van der Waals surface area contributed by atoms with Crippen LogP contribution in [-0.4, -0.2) is 12.0 Å². The minimum Gasteiger partial charge on any atom is -0.493 e. The number of halogens is 1. The highest BCUT2D eigenvalue weighted by atomic mass is 35.5. The molecule has 0 heterocycles. The fourth-order valence-corrected chi connectivity index (χ4v) is 2.01. The molecule has 0 atom stereocenters. The molecule has 110 valence electrons. The number of hydrogen-bond donors (Lipinski definition) is 0. The van der Waals surface area contributed by atoms with Crippen molar-refractivity contribution >= 4 is 17.3 Å². The van der Waals surface area contributed by atoms with Gasteiger partial charge in [-0.15, -0.1) is 0 Å². The average molecular weight is 308 g/mol. The maximum atomic E-state index is 10.8. The van der Waals surface area contributed by atoms with Gasteiger partial charge in [-0.1, -0.05) is 17.7 Å². The number of nitro benzene ring substituents is 1. The summed E-state index contributed by atoms with van der Waals surface area (Å²) >= 11 is 6.03. The number of nitrogens with zero attached hydrogens (tertiary/aromatic N) is 1. The van der Waals surface area contributed by atoms with Crippen molar-refractivity contribution in [3.05, 3.63) is 62.7 Å². The second kappa shape index (κ2) is 6.45. The van der Waals surface area contributed by atoms with E-state index < -0.39 is 4.92 Å². The van der Waals surface area contributed by atoms with E-state index in [1.807, 2.05) is 19.1 Å². The molecule has 0 aliphatic carbocycles. The Bertz CT molecular complexity index is 673. The molecule has 0 aliphatic heterocycles. The lowest BCUT2D eigenvalue weighted by molar-refractivity contribution is -0.384. The third-order valence-electron chi connectivity index (χ3n) is 2.94. The summed E-state index contributed by atoms with van der Waals surface area (Å²) in [6.07, 6.45) is 0. The first kappa shape index (κ1) is 15.1. The van der Waals surface area contributed by atoms with Gasteiger partial charge in [-0.25, -0.2) is 0 Å². The van der Waals surface area contributed by atoms with Gasteiger partial charge in [0, 0.05) is 22.7 Å². The Hall–Kier alpha value is -2.27. The first-order valence-corrected chi connectivity index (χ1v) is 6.59. The molecule has 2 aromatic rings. The molecule has 0 radical (unpaired) electrons. The zero-order chi connectivity index (χ0) is 15.4.